The van der Waals surface area contributed by atoms with Crippen molar-refractivity contribution in [3.05, 3.63) is 12.4 Å². The Kier molecular flexibility index (Phi) is 5.46. The second-order valence-corrected chi connectivity index (χ2v) is 8.23. The van der Waals surface area contributed by atoms with Crippen LogP contribution in [0.2, 0.25) is 0 Å². The topological polar surface area (TPSA) is 90.3 Å². The summed E-state index contributed by atoms with van der Waals surface area (Å²) in [7, 11) is -3.91. The van der Waals surface area contributed by atoms with Crippen molar-refractivity contribution in [2.24, 2.45) is 11.8 Å². The lowest BCUT2D eigenvalue weighted by atomic mass is 9.87. The van der Waals surface area contributed by atoms with E-state index in [1.165, 1.54) is 12.4 Å². The molecule has 1 fully saturated rings. The normalized spacial score (nSPS) is 22.5. The van der Waals surface area contributed by atoms with Crippen molar-refractivity contribution in [2.75, 3.05) is 6.61 Å². The number of sulfonamides is 1. The Morgan fingerprint density at radius 1 is 1.39 bits per heavy atom. The smallest absolute Gasteiger partial charge is 0.267 e. The van der Waals surface area contributed by atoms with Crippen LogP contribution in [0.3, 0.4) is 0 Å². The van der Waals surface area contributed by atoms with Gasteiger partial charge in [0.15, 0.2) is 0 Å². The predicted octanol–water partition coefficient (Wildman–Crippen LogP) is 1.72. The van der Waals surface area contributed by atoms with Gasteiger partial charge in [0.25, 0.3) is 10.0 Å². The van der Waals surface area contributed by atoms with E-state index in [9.17, 15) is 13.2 Å². The molecule has 1 amide bonds. The molecule has 23 heavy (non-hydrogen) atoms. The molecule has 0 spiro atoms. The maximum Gasteiger partial charge on any atom is 0.267 e. The van der Waals surface area contributed by atoms with Crippen LogP contribution in [-0.4, -0.2) is 36.8 Å². The number of nitrogens with one attached hydrogen (secondary N) is 1. The fourth-order valence-corrected chi connectivity index (χ4v) is 3.72. The molecule has 1 aromatic rings. The van der Waals surface area contributed by atoms with Gasteiger partial charge in [0.2, 0.25) is 5.91 Å². The Bertz CT molecular complexity index is 651. The van der Waals surface area contributed by atoms with E-state index < -0.39 is 21.8 Å². The lowest BCUT2D eigenvalue weighted by Crippen LogP contribution is -2.45. The Labute approximate surface area is 137 Å². The van der Waals surface area contributed by atoms with Gasteiger partial charge < -0.3 is 4.74 Å². The van der Waals surface area contributed by atoms with E-state index in [0.717, 1.165) is 6.42 Å². The molecule has 0 unspecified atom stereocenters. The molecule has 1 aliphatic rings. The van der Waals surface area contributed by atoms with Gasteiger partial charge >= 0.3 is 0 Å². The summed E-state index contributed by atoms with van der Waals surface area (Å²) in [6.45, 7) is 8.35. The van der Waals surface area contributed by atoms with E-state index in [1.54, 1.807) is 4.68 Å². The Morgan fingerprint density at radius 2 is 2.09 bits per heavy atom. The first-order valence-corrected chi connectivity index (χ1v) is 9.43. The molecule has 130 valence electrons. The molecular weight excluding hydrogens is 318 g/mol. The first kappa shape index (κ1) is 17.9. The molecule has 0 saturated carbocycles. The number of hydrogen-bond acceptors (Lipinski definition) is 5. The largest absolute Gasteiger partial charge is 0.377 e. The quantitative estimate of drug-likeness (QED) is 0.879. The standard InChI is InChI=1S/C15H25N3O4S/c1-10(2)14-13(6-5-7-22-14)15(19)17-23(20,21)12-8-16-18(9-12)11(3)4/h8-11,13-14H,5-7H2,1-4H3,(H,17,19)/t13-,14-/m0/s1. The van der Waals surface area contributed by atoms with Crippen LogP contribution in [0.5, 0.6) is 0 Å². The monoisotopic (exact) mass is 343 g/mol. The van der Waals surface area contributed by atoms with Gasteiger partial charge in [-0.2, -0.15) is 5.10 Å². The highest BCUT2D eigenvalue weighted by Crippen LogP contribution is 2.27. The van der Waals surface area contributed by atoms with Crippen molar-refractivity contribution in [1.29, 1.82) is 0 Å². The van der Waals surface area contributed by atoms with E-state index >= 15 is 0 Å². The zero-order chi connectivity index (χ0) is 17.2. The maximum atomic E-state index is 12.4. The summed E-state index contributed by atoms with van der Waals surface area (Å²) in [5.74, 6) is -0.795. The molecule has 0 aliphatic carbocycles. The minimum atomic E-state index is -3.91. The van der Waals surface area contributed by atoms with Crippen molar-refractivity contribution in [3.8, 4) is 0 Å². The fraction of sp³-hybridized carbons (Fsp3) is 0.733. The van der Waals surface area contributed by atoms with Crippen molar-refractivity contribution < 1.29 is 17.9 Å². The molecule has 8 heteroatoms. The van der Waals surface area contributed by atoms with Gasteiger partial charge in [-0.05, 0) is 32.6 Å². The molecule has 2 rings (SSSR count). The second kappa shape index (κ2) is 7.00. The first-order valence-electron chi connectivity index (χ1n) is 7.95. The molecule has 0 bridgehead atoms. The predicted molar refractivity (Wildman–Crippen MR) is 85.2 cm³/mol. The van der Waals surface area contributed by atoms with Crippen molar-refractivity contribution >= 4 is 15.9 Å². The average Bonchev–Trinajstić information content (AvgIpc) is 2.97. The average molecular weight is 343 g/mol. The van der Waals surface area contributed by atoms with Crippen LogP contribution in [-0.2, 0) is 19.6 Å². The Hall–Kier alpha value is -1.41. The third-order valence-corrected chi connectivity index (χ3v) is 5.31. The van der Waals surface area contributed by atoms with Crippen molar-refractivity contribution in [2.45, 2.75) is 57.6 Å². The summed E-state index contributed by atoms with van der Waals surface area (Å²) in [5, 5.41) is 4.01. The molecule has 2 atom stereocenters. The van der Waals surface area contributed by atoms with Gasteiger partial charge in [0.1, 0.15) is 4.90 Å². The molecular formula is C15H25N3O4S. The number of amides is 1. The van der Waals surface area contributed by atoms with Crippen LogP contribution < -0.4 is 4.72 Å². The summed E-state index contributed by atoms with van der Waals surface area (Å²) < 4.78 is 34.1. The lowest BCUT2D eigenvalue weighted by Gasteiger charge is -2.33. The highest BCUT2D eigenvalue weighted by molar-refractivity contribution is 7.90. The van der Waals surface area contributed by atoms with Crippen molar-refractivity contribution in [1.82, 2.24) is 14.5 Å². The Morgan fingerprint density at radius 3 is 2.65 bits per heavy atom. The third-order valence-electron chi connectivity index (χ3n) is 4.01. The molecule has 7 nitrogen and oxygen atoms in total. The van der Waals surface area contributed by atoms with Crippen LogP contribution in [0.1, 0.15) is 46.6 Å². The minimum Gasteiger partial charge on any atom is -0.377 e. The molecule has 0 aromatic carbocycles. The molecule has 1 aliphatic heterocycles. The fourth-order valence-electron chi connectivity index (χ4n) is 2.75. The second-order valence-electron chi connectivity index (χ2n) is 6.55. The summed E-state index contributed by atoms with van der Waals surface area (Å²) in [6.07, 6.45) is 3.82. The van der Waals surface area contributed by atoms with E-state index in [2.05, 4.69) is 9.82 Å². The van der Waals surface area contributed by atoms with Gasteiger partial charge in [0, 0.05) is 18.8 Å². The van der Waals surface area contributed by atoms with Crippen LogP contribution in [0.25, 0.3) is 0 Å². The van der Waals surface area contributed by atoms with E-state index in [-0.39, 0.29) is 23.0 Å². The molecule has 1 N–H and O–H groups in total. The first-order chi connectivity index (χ1) is 10.7. The number of ether oxygens (including phenoxy) is 1. The summed E-state index contributed by atoms with van der Waals surface area (Å²) in [4.78, 5) is 12.4. The number of carbonyl (C=O) groups is 1. The van der Waals surface area contributed by atoms with Gasteiger partial charge in [-0.15, -0.1) is 0 Å². The minimum absolute atomic E-state index is 0.00243. The number of hydrogen-bond donors (Lipinski definition) is 1. The van der Waals surface area contributed by atoms with Gasteiger partial charge in [-0.1, -0.05) is 13.8 Å². The molecule has 0 radical (unpaired) electrons. The number of rotatable bonds is 5. The van der Waals surface area contributed by atoms with Crippen LogP contribution >= 0.6 is 0 Å². The van der Waals surface area contributed by atoms with Gasteiger partial charge in [-0.3, -0.25) is 9.48 Å². The summed E-state index contributed by atoms with van der Waals surface area (Å²) >= 11 is 0. The van der Waals surface area contributed by atoms with Crippen LogP contribution in [0, 0.1) is 11.8 Å². The zero-order valence-electron chi connectivity index (χ0n) is 14.0. The summed E-state index contributed by atoms with van der Waals surface area (Å²) in [5.41, 5.74) is 0. The van der Waals surface area contributed by atoms with Crippen molar-refractivity contribution in [3.63, 3.8) is 0 Å². The highest BCUT2D eigenvalue weighted by Gasteiger charge is 2.36. The van der Waals surface area contributed by atoms with Crippen LogP contribution in [0.15, 0.2) is 17.3 Å². The molecule has 1 aromatic heterocycles. The Balaban J connectivity index is 2.13. The van der Waals surface area contributed by atoms with Gasteiger partial charge in [0.05, 0.1) is 18.2 Å². The maximum absolute atomic E-state index is 12.4. The number of nitrogens with zero attached hydrogens (tertiary/aromatic N) is 2. The highest BCUT2D eigenvalue weighted by atomic mass is 32.2. The van der Waals surface area contributed by atoms with E-state index in [0.29, 0.717) is 13.0 Å². The van der Waals surface area contributed by atoms with Gasteiger partial charge in [-0.25, -0.2) is 13.1 Å². The van der Waals surface area contributed by atoms with E-state index in [4.69, 9.17) is 4.74 Å². The third kappa shape index (κ3) is 4.11. The lowest BCUT2D eigenvalue weighted by molar-refractivity contribution is -0.135. The van der Waals surface area contributed by atoms with E-state index in [1.807, 2.05) is 27.7 Å². The van der Waals surface area contributed by atoms with Crippen LogP contribution in [0.4, 0.5) is 0 Å². The number of aromatic nitrogens is 2. The summed E-state index contributed by atoms with van der Waals surface area (Å²) in [6, 6.07) is 0.0479. The molecule has 1 saturated heterocycles. The SMILES string of the molecule is CC(C)[C@@H]1OCCC[C@@H]1C(=O)NS(=O)(=O)c1cnn(C(C)C)c1. The molecule has 2 heterocycles. The zero-order valence-corrected chi connectivity index (χ0v) is 14.8. The number of carbonyl (C=O) groups excluding carboxylic acids is 1.